The second kappa shape index (κ2) is 3.72. The van der Waals surface area contributed by atoms with Gasteiger partial charge in [0.25, 0.3) is 0 Å². The number of rotatable bonds is 2. The summed E-state index contributed by atoms with van der Waals surface area (Å²) in [7, 11) is 0. The predicted molar refractivity (Wildman–Crippen MR) is 47.7 cm³/mol. The highest BCUT2D eigenvalue weighted by Crippen LogP contribution is 2.13. The molecule has 0 spiro atoms. The molecule has 12 heavy (non-hydrogen) atoms. The lowest BCUT2D eigenvalue weighted by Crippen LogP contribution is -1.95. The molecule has 0 amide bonds. The minimum atomic E-state index is -0.135. The van der Waals surface area contributed by atoms with Crippen molar-refractivity contribution in [3.63, 3.8) is 0 Å². The molecular formula is C10H10O2. The van der Waals surface area contributed by atoms with E-state index in [-0.39, 0.29) is 5.78 Å². The van der Waals surface area contributed by atoms with Gasteiger partial charge in [0.1, 0.15) is 0 Å². The molecule has 0 saturated carbocycles. The summed E-state index contributed by atoms with van der Waals surface area (Å²) in [6.07, 6.45) is 0.845. The molecule has 0 aliphatic rings. The van der Waals surface area contributed by atoms with Gasteiger partial charge in [-0.05, 0) is 12.5 Å². The van der Waals surface area contributed by atoms with Crippen LogP contribution in [0.1, 0.15) is 12.5 Å². The third kappa shape index (κ3) is 1.72. The fraction of sp³-hybridized carbons (Fsp3) is 0.100. The fourth-order valence-corrected chi connectivity index (χ4v) is 0.986. The smallest absolute Gasteiger partial charge is 0.163 e. The minimum absolute atomic E-state index is 0.135. The minimum Gasteiger partial charge on any atom is -0.515 e. The Morgan fingerprint density at radius 3 is 2.33 bits per heavy atom. The van der Waals surface area contributed by atoms with Crippen LogP contribution in [0.4, 0.5) is 0 Å². The van der Waals surface area contributed by atoms with E-state index in [1.165, 1.54) is 6.92 Å². The molecule has 1 aromatic carbocycles. The van der Waals surface area contributed by atoms with E-state index in [1.54, 1.807) is 12.1 Å². The van der Waals surface area contributed by atoms with Crippen molar-refractivity contribution in [2.45, 2.75) is 6.92 Å². The van der Waals surface area contributed by atoms with Crippen LogP contribution in [0.5, 0.6) is 0 Å². The predicted octanol–water partition coefficient (Wildman–Crippen LogP) is 2.17. The van der Waals surface area contributed by atoms with Gasteiger partial charge in [0.2, 0.25) is 0 Å². The monoisotopic (exact) mass is 162 g/mol. The Balaban J connectivity index is 3.05. The average Bonchev–Trinajstić information content (AvgIpc) is 2.07. The number of ketones is 1. The molecule has 62 valence electrons. The molecule has 1 aromatic rings. The van der Waals surface area contributed by atoms with Crippen LogP contribution in [0.3, 0.4) is 0 Å². The highest BCUT2D eigenvalue weighted by molar-refractivity contribution is 6.19. The Morgan fingerprint density at radius 2 is 1.92 bits per heavy atom. The van der Waals surface area contributed by atoms with E-state index in [0.717, 1.165) is 11.8 Å². The first-order valence-corrected chi connectivity index (χ1v) is 3.66. The Kier molecular flexibility index (Phi) is 2.64. The first-order chi connectivity index (χ1) is 5.75. The summed E-state index contributed by atoms with van der Waals surface area (Å²) >= 11 is 0. The van der Waals surface area contributed by atoms with Crippen LogP contribution in [-0.4, -0.2) is 10.9 Å². The molecule has 2 nitrogen and oxygen atoms in total. The number of hydrogen-bond acceptors (Lipinski definition) is 2. The Hall–Kier alpha value is -1.57. The summed E-state index contributed by atoms with van der Waals surface area (Å²) < 4.78 is 0. The zero-order valence-electron chi connectivity index (χ0n) is 6.82. The first-order valence-electron chi connectivity index (χ1n) is 3.66. The lowest BCUT2D eigenvalue weighted by atomic mass is 10.0. The van der Waals surface area contributed by atoms with E-state index in [2.05, 4.69) is 0 Å². The van der Waals surface area contributed by atoms with E-state index in [1.807, 2.05) is 18.2 Å². The molecule has 0 aromatic heterocycles. The van der Waals surface area contributed by atoms with Gasteiger partial charge < -0.3 is 5.11 Å². The number of hydrogen-bond donors (Lipinski definition) is 1. The topological polar surface area (TPSA) is 37.3 Å². The van der Waals surface area contributed by atoms with Gasteiger partial charge in [0.05, 0.1) is 11.8 Å². The van der Waals surface area contributed by atoms with Crippen molar-refractivity contribution in [3.8, 4) is 0 Å². The van der Waals surface area contributed by atoms with Gasteiger partial charge in [-0.2, -0.15) is 0 Å². The maximum absolute atomic E-state index is 10.9. The summed E-state index contributed by atoms with van der Waals surface area (Å²) in [4.78, 5) is 10.9. The molecule has 1 N–H and O–H groups in total. The average molecular weight is 162 g/mol. The van der Waals surface area contributed by atoms with E-state index < -0.39 is 0 Å². The number of Topliss-reactive ketones (excluding diaryl/α,β-unsaturated/α-hetero) is 1. The summed E-state index contributed by atoms with van der Waals surface area (Å²) in [6.45, 7) is 1.43. The lowest BCUT2D eigenvalue weighted by Gasteiger charge is -1.99. The lowest BCUT2D eigenvalue weighted by molar-refractivity contribution is -0.111. The van der Waals surface area contributed by atoms with Crippen LogP contribution in [0, 0.1) is 0 Å². The van der Waals surface area contributed by atoms with Gasteiger partial charge >= 0.3 is 0 Å². The number of carbonyl (C=O) groups excluding carboxylic acids is 1. The number of aliphatic hydroxyl groups is 1. The van der Waals surface area contributed by atoms with Crippen molar-refractivity contribution in [2.75, 3.05) is 0 Å². The summed E-state index contributed by atoms with van der Waals surface area (Å²) in [5.74, 6) is -0.135. The number of aliphatic hydroxyl groups excluding tert-OH is 1. The highest BCUT2D eigenvalue weighted by Gasteiger charge is 2.05. The molecule has 0 heterocycles. The normalized spacial score (nSPS) is 11.2. The fourth-order valence-electron chi connectivity index (χ4n) is 0.986. The first kappa shape index (κ1) is 8.53. The Labute approximate surface area is 71.2 Å². The van der Waals surface area contributed by atoms with Gasteiger partial charge in [0.15, 0.2) is 5.78 Å². The maximum Gasteiger partial charge on any atom is 0.163 e. The van der Waals surface area contributed by atoms with Crippen molar-refractivity contribution in [2.24, 2.45) is 0 Å². The summed E-state index contributed by atoms with van der Waals surface area (Å²) in [5, 5.41) is 8.77. The van der Waals surface area contributed by atoms with Crippen LogP contribution in [0.2, 0.25) is 0 Å². The largest absolute Gasteiger partial charge is 0.515 e. The number of allylic oxidation sites excluding steroid dienone is 1. The van der Waals surface area contributed by atoms with E-state index in [9.17, 15) is 4.79 Å². The molecule has 0 bridgehead atoms. The van der Waals surface area contributed by atoms with Crippen molar-refractivity contribution in [1.82, 2.24) is 0 Å². The SMILES string of the molecule is CC(=O)/C(=C\O)c1ccccc1. The van der Waals surface area contributed by atoms with Gasteiger partial charge in [-0.1, -0.05) is 30.3 Å². The van der Waals surface area contributed by atoms with Gasteiger partial charge in [-0.15, -0.1) is 0 Å². The molecular weight excluding hydrogens is 152 g/mol. The van der Waals surface area contributed by atoms with Crippen molar-refractivity contribution >= 4 is 11.4 Å². The number of benzene rings is 1. The number of carbonyl (C=O) groups is 1. The zero-order valence-corrected chi connectivity index (χ0v) is 6.82. The Morgan fingerprint density at radius 1 is 1.33 bits per heavy atom. The molecule has 1 rings (SSSR count). The van der Waals surface area contributed by atoms with Crippen LogP contribution in [0.25, 0.3) is 5.57 Å². The molecule has 0 aliphatic heterocycles. The maximum atomic E-state index is 10.9. The summed E-state index contributed by atoms with van der Waals surface area (Å²) in [5.41, 5.74) is 1.09. The summed E-state index contributed by atoms with van der Waals surface area (Å²) in [6, 6.07) is 9.06. The second-order valence-corrected chi connectivity index (χ2v) is 2.46. The van der Waals surface area contributed by atoms with Gasteiger partial charge in [0, 0.05) is 0 Å². The zero-order chi connectivity index (χ0) is 8.97. The molecule has 0 fully saturated rings. The molecule has 0 unspecified atom stereocenters. The van der Waals surface area contributed by atoms with E-state index >= 15 is 0 Å². The molecule has 2 heteroatoms. The van der Waals surface area contributed by atoms with Gasteiger partial charge in [-0.25, -0.2) is 0 Å². The standard InChI is InChI=1S/C10H10O2/c1-8(12)10(7-11)9-5-3-2-4-6-9/h2-7,11H,1H3/b10-7+. The highest BCUT2D eigenvalue weighted by atomic mass is 16.2. The molecule has 0 saturated heterocycles. The van der Waals surface area contributed by atoms with Crippen molar-refractivity contribution in [1.29, 1.82) is 0 Å². The van der Waals surface area contributed by atoms with Crippen molar-refractivity contribution < 1.29 is 9.90 Å². The third-order valence-electron chi connectivity index (χ3n) is 1.59. The third-order valence-corrected chi connectivity index (χ3v) is 1.59. The van der Waals surface area contributed by atoms with E-state index in [4.69, 9.17) is 5.11 Å². The van der Waals surface area contributed by atoms with Crippen LogP contribution >= 0.6 is 0 Å². The quantitative estimate of drug-likeness (QED) is 0.534. The van der Waals surface area contributed by atoms with Crippen LogP contribution < -0.4 is 0 Å². The van der Waals surface area contributed by atoms with Crippen LogP contribution in [0.15, 0.2) is 36.6 Å². The molecule has 0 radical (unpaired) electrons. The second-order valence-electron chi connectivity index (χ2n) is 2.46. The Bertz CT molecular complexity index is 299. The van der Waals surface area contributed by atoms with E-state index in [0.29, 0.717) is 5.57 Å². The van der Waals surface area contributed by atoms with Crippen molar-refractivity contribution in [3.05, 3.63) is 42.2 Å². The molecule has 0 aliphatic carbocycles. The van der Waals surface area contributed by atoms with Gasteiger partial charge in [-0.3, -0.25) is 4.79 Å². The molecule has 0 atom stereocenters. The van der Waals surface area contributed by atoms with Crippen LogP contribution in [-0.2, 0) is 4.79 Å².